The molecule has 100 valence electrons. The van der Waals surface area contributed by atoms with Gasteiger partial charge in [0, 0.05) is 12.6 Å². The third kappa shape index (κ3) is 4.28. The lowest BCUT2D eigenvalue weighted by molar-refractivity contribution is -0.126. The molecule has 0 aromatic rings. The van der Waals surface area contributed by atoms with Crippen LogP contribution in [0, 0.1) is 5.92 Å². The molecule has 1 fully saturated rings. The zero-order valence-electron chi connectivity index (χ0n) is 11.4. The van der Waals surface area contributed by atoms with Crippen molar-refractivity contribution in [2.45, 2.75) is 52.1 Å². The fraction of sp³-hybridized carbons (Fsp3) is 0.923. The van der Waals surface area contributed by atoms with Crippen LogP contribution >= 0.6 is 0 Å². The molecule has 1 amide bonds. The van der Waals surface area contributed by atoms with Crippen LogP contribution in [0.3, 0.4) is 0 Å². The predicted octanol–water partition coefficient (Wildman–Crippen LogP) is 0.960. The normalized spacial score (nSPS) is 22.1. The number of nitrogens with zero attached hydrogens (tertiary/aromatic N) is 1. The quantitative estimate of drug-likeness (QED) is 0.754. The molecule has 0 aliphatic carbocycles. The number of amides is 1. The minimum atomic E-state index is -0.00409. The molecule has 0 saturated carbocycles. The Morgan fingerprint density at radius 2 is 2.00 bits per heavy atom. The molecule has 1 rings (SSSR count). The van der Waals surface area contributed by atoms with Crippen LogP contribution in [0.2, 0.25) is 0 Å². The maximum Gasteiger partial charge on any atom is 0.237 e. The second-order valence-corrected chi connectivity index (χ2v) is 5.20. The minimum absolute atomic E-state index is 0.00409. The number of nitrogens with one attached hydrogen (secondary N) is 1. The molecule has 4 nitrogen and oxygen atoms in total. The molecule has 0 aromatic carbocycles. The summed E-state index contributed by atoms with van der Waals surface area (Å²) in [4.78, 5) is 14.1. The molecule has 0 spiro atoms. The van der Waals surface area contributed by atoms with Crippen molar-refractivity contribution in [2.24, 2.45) is 11.7 Å². The topological polar surface area (TPSA) is 58.4 Å². The Bertz CT molecular complexity index is 235. The maximum atomic E-state index is 11.8. The summed E-state index contributed by atoms with van der Waals surface area (Å²) in [6, 6.07) is 0.275. The van der Waals surface area contributed by atoms with Crippen LogP contribution < -0.4 is 11.1 Å². The van der Waals surface area contributed by atoms with Crippen LogP contribution in [-0.2, 0) is 4.79 Å². The fourth-order valence-electron chi connectivity index (χ4n) is 2.39. The van der Waals surface area contributed by atoms with E-state index in [9.17, 15) is 4.79 Å². The van der Waals surface area contributed by atoms with E-state index in [0.717, 1.165) is 38.9 Å². The van der Waals surface area contributed by atoms with Gasteiger partial charge in [0.05, 0.1) is 6.04 Å². The summed E-state index contributed by atoms with van der Waals surface area (Å²) in [7, 11) is 0. The molecule has 3 N–H and O–H groups in total. The van der Waals surface area contributed by atoms with Crippen LogP contribution in [0.4, 0.5) is 0 Å². The van der Waals surface area contributed by atoms with Gasteiger partial charge in [0.2, 0.25) is 5.91 Å². The standard InChI is InChI=1S/C13H27N3O/c1-4-7-15-13(17)11(3)16-8-5-12(6-9-16)10(2)14/h10-12H,4-9,14H2,1-3H3,(H,15,17). The van der Waals surface area contributed by atoms with Crippen LogP contribution in [0.5, 0.6) is 0 Å². The molecule has 0 bridgehead atoms. The van der Waals surface area contributed by atoms with Gasteiger partial charge in [0.1, 0.15) is 0 Å². The summed E-state index contributed by atoms with van der Waals surface area (Å²) in [6.07, 6.45) is 3.22. The average molecular weight is 241 g/mol. The molecular formula is C13H27N3O. The number of nitrogens with two attached hydrogens (primary N) is 1. The molecular weight excluding hydrogens is 214 g/mol. The van der Waals surface area contributed by atoms with Gasteiger partial charge in [-0.15, -0.1) is 0 Å². The van der Waals surface area contributed by atoms with Crippen LogP contribution in [0.25, 0.3) is 0 Å². The van der Waals surface area contributed by atoms with Gasteiger partial charge in [-0.05, 0) is 52.1 Å². The summed E-state index contributed by atoms with van der Waals surface area (Å²) in [5.74, 6) is 0.781. The van der Waals surface area contributed by atoms with Gasteiger partial charge in [0.15, 0.2) is 0 Å². The van der Waals surface area contributed by atoms with E-state index in [-0.39, 0.29) is 18.0 Å². The van der Waals surface area contributed by atoms with Gasteiger partial charge in [0.25, 0.3) is 0 Å². The lowest BCUT2D eigenvalue weighted by atomic mass is 9.90. The van der Waals surface area contributed by atoms with Crippen molar-refractivity contribution in [3.63, 3.8) is 0 Å². The second-order valence-electron chi connectivity index (χ2n) is 5.20. The number of hydrogen-bond donors (Lipinski definition) is 2. The zero-order chi connectivity index (χ0) is 12.8. The van der Waals surface area contributed by atoms with E-state index in [4.69, 9.17) is 5.73 Å². The van der Waals surface area contributed by atoms with Crippen molar-refractivity contribution in [3.8, 4) is 0 Å². The van der Waals surface area contributed by atoms with Crippen LogP contribution in [-0.4, -0.2) is 42.5 Å². The van der Waals surface area contributed by atoms with Crippen LogP contribution in [0.1, 0.15) is 40.0 Å². The van der Waals surface area contributed by atoms with E-state index in [0.29, 0.717) is 5.92 Å². The number of piperidine rings is 1. The molecule has 1 aliphatic rings. The summed E-state index contributed by atoms with van der Waals surface area (Å²) < 4.78 is 0. The molecule has 17 heavy (non-hydrogen) atoms. The Kier molecular flexibility index (Phi) is 5.92. The largest absolute Gasteiger partial charge is 0.355 e. The first-order valence-corrected chi connectivity index (χ1v) is 6.83. The lowest BCUT2D eigenvalue weighted by Gasteiger charge is -2.36. The molecule has 1 heterocycles. The van der Waals surface area contributed by atoms with Gasteiger partial charge in [-0.2, -0.15) is 0 Å². The van der Waals surface area contributed by atoms with Gasteiger partial charge >= 0.3 is 0 Å². The van der Waals surface area contributed by atoms with Gasteiger partial charge in [-0.25, -0.2) is 0 Å². The first-order valence-electron chi connectivity index (χ1n) is 6.83. The third-order valence-electron chi connectivity index (χ3n) is 3.79. The Morgan fingerprint density at radius 1 is 1.41 bits per heavy atom. The van der Waals surface area contributed by atoms with Crippen molar-refractivity contribution in [3.05, 3.63) is 0 Å². The Balaban J connectivity index is 2.35. The number of hydrogen-bond acceptors (Lipinski definition) is 3. The fourth-order valence-corrected chi connectivity index (χ4v) is 2.39. The Morgan fingerprint density at radius 3 is 2.47 bits per heavy atom. The smallest absolute Gasteiger partial charge is 0.237 e. The molecule has 4 heteroatoms. The number of rotatable bonds is 5. The van der Waals surface area contributed by atoms with Gasteiger partial charge in [-0.3, -0.25) is 9.69 Å². The highest BCUT2D eigenvalue weighted by Crippen LogP contribution is 2.20. The molecule has 1 aliphatic heterocycles. The van der Waals surface area contributed by atoms with E-state index >= 15 is 0 Å². The number of likely N-dealkylation sites (tertiary alicyclic amines) is 1. The number of carbonyl (C=O) groups excluding carboxylic acids is 1. The predicted molar refractivity (Wildman–Crippen MR) is 70.7 cm³/mol. The van der Waals surface area contributed by atoms with Crippen LogP contribution in [0.15, 0.2) is 0 Å². The molecule has 2 unspecified atom stereocenters. The monoisotopic (exact) mass is 241 g/mol. The summed E-state index contributed by atoms with van der Waals surface area (Å²) >= 11 is 0. The highest BCUT2D eigenvalue weighted by molar-refractivity contribution is 5.81. The van der Waals surface area contributed by atoms with Crippen molar-refractivity contribution in [1.29, 1.82) is 0 Å². The van der Waals surface area contributed by atoms with Crippen molar-refractivity contribution in [1.82, 2.24) is 10.2 Å². The van der Waals surface area contributed by atoms with E-state index in [1.807, 2.05) is 6.92 Å². The summed E-state index contributed by atoms with van der Waals surface area (Å²) in [5, 5.41) is 2.96. The first kappa shape index (κ1) is 14.5. The van der Waals surface area contributed by atoms with Gasteiger partial charge in [-0.1, -0.05) is 6.92 Å². The highest BCUT2D eigenvalue weighted by atomic mass is 16.2. The van der Waals surface area contributed by atoms with E-state index in [1.54, 1.807) is 0 Å². The molecule has 0 radical (unpaired) electrons. The lowest BCUT2D eigenvalue weighted by Crippen LogP contribution is -2.49. The van der Waals surface area contributed by atoms with E-state index < -0.39 is 0 Å². The zero-order valence-corrected chi connectivity index (χ0v) is 11.4. The Labute approximate surface area is 105 Å². The van der Waals surface area contributed by atoms with Crippen molar-refractivity contribution in [2.75, 3.05) is 19.6 Å². The minimum Gasteiger partial charge on any atom is -0.355 e. The van der Waals surface area contributed by atoms with Gasteiger partial charge < -0.3 is 11.1 Å². The summed E-state index contributed by atoms with van der Waals surface area (Å²) in [6.45, 7) is 8.91. The van der Waals surface area contributed by atoms with E-state index in [2.05, 4.69) is 24.1 Å². The van der Waals surface area contributed by atoms with E-state index in [1.165, 1.54) is 0 Å². The molecule has 0 aromatic heterocycles. The first-order chi connectivity index (χ1) is 8.06. The molecule has 1 saturated heterocycles. The van der Waals surface area contributed by atoms with Crippen molar-refractivity contribution < 1.29 is 4.79 Å². The Hall–Kier alpha value is -0.610. The average Bonchev–Trinajstić information content (AvgIpc) is 2.35. The van der Waals surface area contributed by atoms with Crippen molar-refractivity contribution >= 4 is 5.91 Å². The molecule has 2 atom stereocenters. The third-order valence-corrected chi connectivity index (χ3v) is 3.79. The maximum absolute atomic E-state index is 11.8. The second kappa shape index (κ2) is 6.97. The highest BCUT2D eigenvalue weighted by Gasteiger charge is 2.27. The SMILES string of the molecule is CCCNC(=O)C(C)N1CCC(C(C)N)CC1. The number of carbonyl (C=O) groups is 1. The summed E-state index contributed by atoms with van der Waals surface area (Å²) in [5.41, 5.74) is 5.92.